The van der Waals surface area contributed by atoms with Crippen LogP contribution in [0.2, 0.25) is 0 Å². The number of rotatable bonds is 4. The highest BCUT2D eigenvalue weighted by Crippen LogP contribution is 2.21. The molecule has 0 aromatic heterocycles. The summed E-state index contributed by atoms with van der Waals surface area (Å²) in [5, 5.41) is 0. The van der Waals surface area contributed by atoms with Crippen molar-refractivity contribution < 1.29 is 14.0 Å². The number of halogens is 1. The molecule has 20 heavy (non-hydrogen) atoms. The number of thioether (sulfide) groups is 1. The van der Waals surface area contributed by atoms with E-state index in [2.05, 4.69) is 0 Å². The molecule has 108 valence electrons. The fraction of sp³-hybridized carbons (Fsp3) is 0.429. The van der Waals surface area contributed by atoms with Crippen LogP contribution in [0.25, 0.3) is 0 Å². The Balaban J connectivity index is 1.80. The fourth-order valence-corrected chi connectivity index (χ4v) is 3.05. The fourth-order valence-electron chi connectivity index (χ4n) is 2.21. The van der Waals surface area contributed by atoms with E-state index in [1.54, 1.807) is 17.0 Å². The average molecular weight is 296 g/mol. The van der Waals surface area contributed by atoms with Gasteiger partial charge in [0.1, 0.15) is 5.82 Å². The molecule has 2 N–H and O–H groups in total. The number of amides is 2. The first-order chi connectivity index (χ1) is 9.56. The van der Waals surface area contributed by atoms with Crippen LogP contribution in [0.15, 0.2) is 29.2 Å². The van der Waals surface area contributed by atoms with Crippen molar-refractivity contribution in [2.75, 3.05) is 18.8 Å². The van der Waals surface area contributed by atoms with E-state index in [-0.39, 0.29) is 29.3 Å². The minimum Gasteiger partial charge on any atom is -0.369 e. The summed E-state index contributed by atoms with van der Waals surface area (Å²) < 4.78 is 13.0. The third kappa shape index (κ3) is 3.96. The third-order valence-corrected chi connectivity index (χ3v) is 4.39. The molecule has 0 atom stereocenters. The molecular formula is C14H17FN2O2S. The summed E-state index contributed by atoms with van der Waals surface area (Å²) in [6, 6.07) is 6.19. The van der Waals surface area contributed by atoms with Crippen LogP contribution in [0.1, 0.15) is 12.8 Å². The second-order valence-electron chi connectivity index (χ2n) is 4.80. The first kappa shape index (κ1) is 14.8. The number of hydrogen-bond donors (Lipinski definition) is 1. The zero-order chi connectivity index (χ0) is 14.5. The lowest BCUT2D eigenvalue weighted by Crippen LogP contribution is -2.42. The number of primary amides is 1. The first-order valence-electron chi connectivity index (χ1n) is 6.51. The molecule has 1 aliphatic heterocycles. The molecule has 2 rings (SSSR count). The standard InChI is InChI=1S/C14H17FN2O2S/c15-11-2-1-3-12(8-11)20-9-13(18)17-6-4-10(5-7-17)14(16)19/h1-3,8,10H,4-7,9H2,(H2,16,19). The van der Waals surface area contributed by atoms with E-state index in [1.165, 1.54) is 23.9 Å². The van der Waals surface area contributed by atoms with E-state index in [9.17, 15) is 14.0 Å². The van der Waals surface area contributed by atoms with Gasteiger partial charge in [0, 0.05) is 23.9 Å². The van der Waals surface area contributed by atoms with E-state index in [4.69, 9.17) is 5.73 Å². The quantitative estimate of drug-likeness (QED) is 0.859. The van der Waals surface area contributed by atoms with Crippen LogP contribution in [0, 0.1) is 11.7 Å². The van der Waals surface area contributed by atoms with E-state index in [0.29, 0.717) is 25.9 Å². The summed E-state index contributed by atoms with van der Waals surface area (Å²) in [5.74, 6) is -0.405. The summed E-state index contributed by atoms with van der Waals surface area (Å²) in [4.78, 5) is 25.6. The normalized spacial score (nSPS) is 16.1. The predicted molar refractivity (Wildman–Crippen MR) is 75.6 cm³/mol. The van der Waals surface area contributed by atoms with Gasteiger partial charge in [0.05, 0.1) is 5.75 Å². The van der Waals surface area contributed by atoms with Gasteiger partial charge in [0.15, 0.2) is 0 Å². The number of piperidine rings is 1. The summed E-state index contributed by atoms with van der Waals surface area (Å²) in [5.41, 5.74) is 5.26. The molecule has 6 heteroatoms. The lowest BCUT2D eigenvalue weighted by atomic mass is 9.96. The Kier molecular flexibility index (Phi) is 5.00. The van der Waals surface area contributed by atoms with Crippen LogP contribution in [0.4, 0.5) is 4.39 Å². The van der Waals surface area contributed by atoms with Crippen LogP contribution in [-0.2, 0) is 9.59 Å². The van der Waals surface area contributed by atoms with Crippen LogP contribution in [0.3, 0.4) is 0 Å². The molecule has 1 heterocycles. The molecule has 0 aliphatic carbocycles. The van der Waals surface area contributed by atoms with Gasteiger partial charge in [-0.25, -0.2) is 4.39 Å². The average Bonchev–Trinajstić information content (AvgIpc) is 2.45. The van der Waals surface area contributed by atoms with Crippen LogP contribution in [0.5, 0.6) is 0 Å². The largest absolute Gasteiger partial charge is 0.369 e. The van der Waals surface area contributed by atoms with Crippen molar-refractivity contribution in [1.82, 2.24) is 4.90 Å². The smallest absolute Gasteiger partial charge is 0.232 e. The van der Waals surface area contributed by atoms with Crippen molar-refractivity contribution in [2.24, 2.45) is 11.7 Å². The van der Waals surface area contributed by atoms with E-state index < -0.39 is 0 Å². The molecule has 4 nitrogen and oxygen atoms in total. The van der Waals surface area contributed by atoms with Crippen LogP contribution >= 0.6 is 11.8 Å². The lowest BCUT2D eigenvalue weighted by Gasteiger charge is -2.30. The van der Waals surface area contributed by atoms with Crippen molar-refractivity contribution in [3.8, 4) is 0 Å². The predicted octanol–water partition coefficient (Wildman–Crippen LogP) is 1.64. The molecule has 0 radical (unpaired) electrons. The van der Waals surface area contributed by atoms with Gasteiger partial charge in [-0.3, -0.25) is 9.59 Å². The van der Waals surface area contributed by atoms with Gasteiger partial charge in [0.25, 0.3) is 0 Å². The van der Waals surface area contributed by atoms with Gasteiger partial charge >= 0.3 is 0 Å². The molecule has 1 saturated heterocycles. The first-order valence-corrected chi connectivity index (χ1v) is 7.50. The highest BCUT2D eigenvalue weighted by Gasteiger charge is 2.25. The van der Waals surface area contributed by atoms with E-state index in [1.807, 2.05) is 0 Å². The Hall–Kier alpha value is -1.56. The Morgan fingerprint density at radius 2 is 2.05 bits per heavy atom. The number of nitrogens with zero attached hydrogens (tertiary/aromatic N) is 1. The Bertz CT molecular complexity index is 502. The van der Waals surface area contributed by atoms with Crippen molar-refractivity contribution in [3.05, 3.63) is 30.1 Å². The monoisotopic (exact) mass is 296 g/mol. The molecule has 1 fully saturated rings. The Morgan fingerprint density at radius 3 is 2.65 bits per heavy atom. The summed E-state index contributed by atoms with van der Waals surface area (Å²) >= 11 is 1.32. The number of likely N-dealkylation sites (tertiary alicyclic amines) is 1. The van der Waals surface area contributed by atoms with Crippen molar-refractivity contribution in [3.63, 3.8) is 0 Å². The van der Waals surface area contributed by atoms with E-state index in [0.717, 1.165) is 4.90 Å². The second kappa shape index (κ2) is 6.74. The number of nitrogens with two attached hydrogens (primary N) is 1. The molecule has 0 spiro atoms. The molecule has 0 saturated carbocycles. The summed E-state index contributed by atoms with van der Waals surface area (Å²) in [7, 11) is 0. The molecular weight excluding hydrogens is 279 g/mol. The SMILES string of the molecule is NC(=O)C1CCN(C(=O)CSc2cccc(F)c2)CC1. The number of carbonyl (C=O) groups excluding carboxylic acids is 2. The highest BCUT2D eigenvalue weighted by molar-refractivity contribution is 8.00. The molecule has 1 aliphatic rings. The number of hydrogen-bond acceptors (Lipinski definition) is 3. The Morgan fingerprint density at radius 1 is 1.35 bits per heavy atom. The number of carbonyl (C=O) groups is 2. The van der Waals surface area contributed by atoms with Gasteiger partial charge in [-0.2, -0.15) is 0 Å². The van der Waals surface area contributed by atoms with Crippen LogP contribution < -0.4 is 5.73 Å². The Labute approximate surface area is 121 Å². The van der Waals surface area contributed by atoms with Crippen LogP contribution in [-0.4, -0.2) is 35.6 Å². The highest BCUT2D eigenvalue weighted by atomic mass is 32.2. The maximum Gasteiger partial charge on any atom is 0.232 e. The van der Waals surface area contributed by atoms with Crippen molar-refractivity contribution in [2.45, 2.75) is 17.7 Å². The maximum atomic E-state index is 13.0. The third-order valence-electron chi connectivity index (χ3n) is 3.41. The summed E-state index contributed by atoms with van der Waals surface area (Å²) in [6.07, 6.45) is 1.26. The zero-order valence-corrected chi connectivity index (χ0v) is 11.9. The topological polar surface area (TPSA) is 63.4 Å². The molecule has 0 unspecified atom stereocenters. The maximum absolute atomic E-state index is 13.0. The number of benzene rings is 1. The minimum atomic E-state index is -0.301. The lowest BCUT2D eigenvalue weighted by molar-refractivity contribution is -0.132. The molecule has 2 amide bonds. The molecule has 1 aromatic rings. The second-order valence-corrected chi connectivity index (χ2v) is 5.85. The molecule has 0 bridgehead atoms. The van der Waals surface area contributed by atoms with Crippen molar-refractivity contribution in [1.29, 1.82) is 0 Å². The zero-order valence-electron chi connectivity index (χ0n) is 11.0. The van der Waals surface area contributed by atoms with Gasteiger partial charge in [-0.15, -0.1) is 11.8 Å². The molecule has 1 aromatic carbocycles. The minimum absolute atomic E-state index is 0.0159. The van der Waals surface area contributed by atoms with Gasteiger partial charge in [-0.05, 0) is 31.0 Å². The van der Waals surface area contributed by atoms with Gasteiger partial charge in [0.2, 0.25) is 11.8 Å². The van der Waals surface area contributed by atoms with Crippen molar-refractivity contribution >= 4 is 23.6 Å². The van der Waals surface area contributed by atoms with Gasteiger partial charge in [-0.1, -0.05) is 6.07 Å². The van der Waals surface area contributed by atoms with Gasteiger partial charge < -0.3 is 10.6 Å². The summed E-state index contributed by atoms with van der Waals surface area (Å²) in [6.45, 7) is 1.13. The van der Waals surface area contributed by atoms with E-state index >= 15 is 0 Å².